The Morgan fingerprint density at radius 1 is 1.15 bits per heavy atom. The number of amides is 1. The molecule has 2 N–H and O–H groups in total. The minimum Gasteiger partial charge on any atom is -0.480 e. The summed E-state index contributed by atoms with van der Waals surface area (Å²) in [5.74, 6) is -1.70. The molecule has 0 fully saturated rings. The number of hydrogen-bond donors (Lipinski definition) is 2. The predicted octanol–water partition coefficient (Wildman–Crippen LogP) is 2.62. The van der Waals surface area contributed by atoms with E-state index in [2.05, 4.69) is 5.32 Å². The second kappa shape index (κ2) is 7.63. The maximum Gasteiger partial charge on any atom is 0.326 e. The second-order valence-corrected chi connectivity index (χ2v) is 6.60. The van der Waals surface area contributed by atoms with E-state index >= 15 is 0 Å². The van der Waals surface area contributed by atoms with Crippen LogP contribution in [0.2, 0.25) is 5.02 Å². The first-order valence-corrected chi connectivity index (χ1v) is 8.61. The van der Waals surface area contributed by atoms with E-state index < -0.39 is 17.9 Å². The molecule has 0 aliphatic carbocycles. The molecule has 0 bridgehead atoms. The van der Waals surface area contributed by atoms with Crippen LogP contribution in [0.1, 0.15) is 15.9 Å². The first kappa shape index (κ1) is 18.7. The van der Waals surface area contributed by atoms with Gasteiger partial charge in [-0.15, -0.1) is 0 Å². The third-order valence-corrected chi connectivity index (χ3v) is 4.63. The van der Waals surface area contributed by atoms with E-state index in [9.17, 15) is 19.5 Å². The van der Waals surface area contributed by atoms with Gasteiger partial charge in [-0.25, -0.2) is 4.79 Å². The molecule has 3 aromatic rings. The molecule has 6 nitrogen and oxygen atoms in total. The van der Waals surface area contributed by atoms with E-state index in [-0.39, 0.29) is 12.0 Å². The fraction of sp³-hybridized carbons (Fsp3) is 0.150. The van der Waals surface area contributed by atoms with Crippen molar-refractivity contribution in [1.82, 2.24) is 9.88 Å². The van der Waals surface area contributed by atoms with E-state index in [0.29, 0.717) is 21.7 Å². The summed E-state index contributed by atoms with van der Waals surface area (Å²) >= 11 is 5.81. The van der Waals surface area contributed by atoms with Crippen LogP contribution in [-0.2, 0) is 18.3 Å². The average molecular weight is 385 g/mol. The number of rotatable bonds is 5. The maximum atomic E-state index is 12.4. The van der Waals surface area contributed by atoms with Gasteiger partial charge in [0.25, 0.3) is 11.5 Å². The van der Waals surface area contributed by atoms with Crippen LogP contribution in [-0.4, -0.2) is 27.6 Å². The number of nitrogens with one attached hydrogen (secondary N) is 1. The Labute approximate surface area is 160 Å². The lowest BCUT2D eigenvalue weighted by Gasteiger charge is -2.17. The van der Waals surface area contributed by atoms with E-state index in [1.807, 2.05) is 18.2 Å². The number of carbonyl (C=O) groups excluding carboxylic acids is 1. The molecule has 1 aromatic heterocycles. The van der Waals surface area contributed by atoms with E-state index in [1.165, 1.54) is 22.8 Å². The molecule has 0 aliphatic rings. The Morgan fingerprint density at radius 2 is 1.81 bits per heavy atom. The van der Waals surface area contributed by atoms with Gasteiger partial charge in [0.2, 0.25) is 0 Å². The van der Waals surface area contributed by atoms with Crippen LogP contribution in [0.4, 0.5) is 0 Å². The highest BCUT2D eigenvalue weighted by molar-refractivity contribution is 6.30. The summed E-state index contributed by atoms with van der Waals surface area (Å²) in [5.41, 5.74) is 1.34. The third kappa shape index (κ3) is 4.01. The molecule has 1 unspecified atom stereocenters. The van der Waals surface area contributed by atoms with E-state index in [4.69, 9.17) is 11.6 Å². The SMILES string of the molecule is Cn1c(=O)cc(CC(NC(=O)c2ccc(Cl)cc2)C(=O)O)c2ccccc21. The number of aliphatic carboxylic acids is 1. The van der Waals surface area contributed by atoms with Crippen molar-refractivity contribution in [3.05, 3.63) is 81.1 Å². The number of carbonyl (C=O) groups is 2. The molecule has 3 rings (SSSR count). The number of para-hydroxylation sites is 1. The number of carboxylic acid groups (broad SMARTS) is 1. The van der Waals surface area contributed by atoms with Crippen LogP contribution >= 0.6 is 11.6 Å². The van der Waals surface area contributed by atoms with Gasteiger partial charge in [-0.2, -0.15) is 0 Å². The zero-order valence-electron chi connectivity index (χ0n) is 14.5. The van der Waals surface area contributed by atoms with Gasteiger partial charge in [0.1, 0.15) is 6.04 Å². The molecule has 0 saturated carbocycles. The normalized spacial score (nSPS) is 11.9. The lowest BCUT2D eigenvalue weighted by Crippen LogP contribution is -2.42. The molecule has 0 spiro atoms. The Balaban J connectivity index is 1.91. The summed E-state index contributed by atoms with van der Waals surface area (Å²) in [6, 6.07) is 13.6. The summed E-state index contributed by atoms with van der Waals surface area (Å²) in [5, 5.41) is 13.3. The van der Waals surface area contributed by atoms with Gasteiger partial charge in [-0.1, -0.05) is 29.8 Å². The van der Waals surface area contributed by atoms with Gasteiger partial charge >= 0.3 is 5.97 Å². The number of aromatic nitrogens is 1. The molecule has 7 heteroatoms. The number of pyridine rings is 1. The fourth-order valence-electron chi connectivity index (χ4n) is 2.91. The van der Waals surface area contributed by atoms with Gasteiger partial charge in [-0.05, 0) is 35.9 Å². The van der Waals surface area contributed by atoms with E-state index in [1.54, 1.807) is 25.2 Å². The highest BCUT2D eigenvalue weighted by Gasteiger charge is 2.22. The number of benzene rings is 2. The minimum atomic E-state index is -1.18. The fourth-order valence-corrected chi connectivity index (χ4v) is 3.04. The highest BCUT2D eigenvalue weighted by Crippen LogP contribution is 2.18. The van der Waals surface area contributed by atoms with Crippen molar-refractivity contribution in [2.24, 2.45) is 7.05 Å². The van der Waals surface area contributed by atoms with Gasteiger partial charge in [0, 0.05) is 35.5 Å². The maximum absolute atomic E-state index is 12.4. The summed E-state index contributed by atoms with van der Waals surface area (Å²) in [6.07, 6.45) is -0.00867. The Hall–Kier alpha value is -3.12. The molecule has 27 heavy (non-hydrogen) atoms. The van der Waals surface area contributed by atoms with Gasteiger partial charge in [-0.3, -0.25) is 9.59 Å². The number of halogens is 1. The van der Waals surface area contributed by atoms with Crippen molar-refractivity contribution in [2.75, 3.05) is 0 Å². The molecule has 138 valence electrons. The van der Waals surface area contributed by atoms with Gasteiger partial charge in [0.15, 0.2) is 0 Å². The average Bonchev–Trinajstić information content (AvgIpc) is 2.65. The first-order valence-electron chi connectivity index (χ1n) is 8.23. The van der Waals surface area contributed by atoms with E-state index in [0.717, 1.165) is 5.39 Å². The number of fused-ring (bicyclic) bond motifs is 1. The quantitative estimate of drug-likeness (QED) is 0.707. The predicted molar refractivity (Wildman–Crippen MR) is 103 cm³/mol. The van der Waals surface area contributed by atoms with Crippen molar-refractivity contribution >= 4 is 34.4 Å². The van der Waals surface area contributed by atoms with Crippen molar-refractivity contribution in [3.8, 4) is 0 Å². The molecular formula is C20H17ClN2O4. The summed E-state index contributed by atoms with van der Waals surface area (Å²) in [6.45, 7) is 0. The summed E-state index contributed by atoms with van der Waals surface area (Å²) in [4.78, 5) is 36.3. The van der Waals surface area contributed by atoms with Crippen LogP contribution in [0.15, 0.2) is 59.4 Å². The number of hydrogen-bond acceptors (Lipinski definition) is 3. The standard InChI is InChI=1S/C20H17ClN2O4/c1-23-17-5-3-2-4-15(17)13(11-18(23)24)10-16(20(26)27)22-19(25)12-6-8-14(21)9-7-12/h2-9,11,16H,10H2,1H3,(H,22,25)(H,26,27). The Bertz CT molecular complexity index is 1070. The molecule has 1 atom stereocenters. The first-order chi connectivity index (χ1) is 12.9. The van der Waals surface area contributed by atoms with Crippen LogP contribution < -0.4 is 10.9 Å². The van der Waals surface area contributed by atoms with Crippen LogP contribution in [0.25, 0.3) is 10.9 Å². The lowest BCUT2D eigenvalue weighted by molar-refractivity contribution is -0.139. The molecule has 0 radical (unpaired) electrons. The number of aryl methyl sites for hydroxylation is 1. The molecule has 0 saturated heterocycles. The molecule has 1 heterocycles. The summed E-state index contributed by atoms with van der Waals surface area (Å²) in [7, 11) is 1.66. The lowest BCUT2D eigenvalue weighted by atomic mass is 10.0. The largest absolute Gasteiger partial charge is 0.480 e. The topological polar surface area (TPSA) is 88.4 Å². The van der Waals surface area contributed by atoms with Crippen molar-refractivity contribution < 1.29 is 14.7 Å². The molecule has 0 aliphatic heterocycles. The monoisotopic (exact) mass is 384 g/mol. The zero-order valence-corrected chi connectivity index (χ0v) is 15.2. The van der Waals surface area contributed by atoms with Crippen molar-refractivity contribution in [2.45, 2.75) is 12.5 Å². The van der Waals surface area contributed by atoms with Crippen molar-refractivity contribution in [1.29, 1.82) is 0 Å². The highest BCUT2D eigenvalue weighted by atomic mass is 35.5. The van der Waals surface area contributed by atoms with Gasteiger partial charge in [0.05, 0.1) is 5.52 Å². The summed E-state index contributed by atoms with van der Waals surface area (Å²) < 4.78 is 1.50. The van der Waals surface area contributed by atoms with Crippen LogP contribution in [0, 0.1) is 0 Å². The smallest absolute Gasteiger partial charge is 0.326 e. The minimum absolute atomic E-state index is 0.00867. The Morgan fingerprint density at radius 3 is 2.48 bits per heavy atom. The third-order valence-electron chi connectivity index (χ3n) is 4.37. The zero-order chi connectivity index (χ0) is 19.6. The van der Waals surface area contributed by atoms with Crippen LogP contribution in [0.3, 0.4) is 0 Å². The molecule has 1 amide bonds. The van der Waals surface area contributed by atoms with Gasteiger partial charge < -0.3 is 15.0 Å². The van der Waals surface area contributed by atoms with Crippen LogP contribution in [0.5, 0.6) is 0 Å². The number of nitrogens with zero attached hydrogens (tertiary/aromatic N) is 1. The number of carboxylic acids is 1. The molecule has 2 aromatic carbocycles. The second-order valence-electron chi connectivity index (χ2n) is 6.16. The van der Waals surface area contributed by atoms with Crippen molar-refractivity contribution in [3.63, 3.8) is 0 Å². The molecular weight excluding hydrogens is 368 g/mol. The Kier molecular flexibility index (Phi) is 5.28.